The van der Waals surface area contributed by atoms with Crippen molar-refractivity contribution in [2.75, 3.05) is 18.5 Å². The number of imidazole rings is 1. The van der Waals surface area contributed by atoms with Gasteiger partial charge in [-0.25, -0.2) is 9.78 Å². The number of unbranched alkanes of at least 4 members (excludes halogenated alkanes) is 1. The second-order valence-corrected chi connectivity index (χ2v) is 6.72. The highest BCUT2D eigenvalue weighted by atomic mass is 16.7. The van der Waals surface area contributed by atoms with E-state index in [0.717, 1.165) is 36.3 Å². The van der Waals surface area contributed by atoms with Crippen LogP contribution in [-0.4, -0.2) is 32.5 Å². The largest absolute Gasteiger partial charge is 0.493 e. The lowest BCUT2D eigenvalue weighted by Crippen LogP contribution is -2.28. The van der Waals surface area contributed by atoms with Gasteiger partial charge in [0.15, 0.2) is 0 Å². The molecule has 2 aromatic heterocycles. The van der Waals surface area contributed by atoms with Crippen LogP contribution in [0.2, 0.25) is 0 Å². The number of nitrogens with one attached hydrogen (secondary N) is 1. The molecular formula is C19H23N5O3. The lowest BCUT2D eigenvalue weighted by Gasteiger charge is -2.11. The van der Waals surface area contributed by atoms with Crippen LogP contribution in [0.25, 0.3) is 11.2 Å². The zero-order chi connectivity index (χ0) is 19.0. The number of benzene rings is 1. The summed E-state index contributed by atoms with van der Waals surface area (Å²) in [6.07, 6.45) is 4.39. The van der Waals surface area contributed by atoms with Crippen molar-refractivity contribution < 1.29 is 9.57 Å². The van der Waals surface area contributed by atoms with E-state index in [9.17, 15) is 4.79 Å². The quantitative estimate of drug-likeness (QED) is 0.672. The van der Waals surface area contributed by atoms with Gasteiger partial charge in [-0.1, -0.05) is 13.3 Å². The van der Waals surface area contributed by atoms with Gasteiger partial charge >= 0.3 is 5.69 Å². The van der Waals surface area contributed by atoms with Crippen LogP contribution in [0.5, 0.6) is 5.75 Å². The average molecular weight is 369 g/mol. The first-order valence-electron chi connectivity index (χ1n) is 9.19. The summed E-state index contributed by atoms with van der Waals surface area (Å²) in [5.41, 5.74) is 3.96. The molecule has 142 valence electrons. The smallest absolute Gasteiger partial charge is 0.363 e. The van der Waals surface area contributed by atoms with Crippen LogP contribution in [-0.2, 0) is 13.5 Å². The van der Waals surface area contributed by atoms with Gasteiger partial charge in [0, 0.05) is 19.2 Å². The molecule has 0 saturated heterocycles. The standard InChI is InChI=1S/C19H23N5O3/c1-4-5-7-27-24-17-15(23(3)19(24)25)11-20-18(22-17)21-14-10-13-6-8-26-16(13)9-12(14)2/h9-11H,4-8H2,1-3H3,(H,20,21,22). The van der Waals surface area contributed by atoms with Crippen molar-refractivity contribution in [1.29, 1.82) is 0 Å². The second-order valence-electron chi connectivity index (χ2n) is 6.72. The van der Waals surface area contributed by atoms with Gasteiger partial charge in [-0.3, -0.25) is 4.57 Å². The molecule has 0 fully saturated rings. The Hall–Kier alpha value is -3.03. The third kappa shape index (κ3) is 3.11. The van der Waals surface area contributed by atoms with E-state index in [2.05, 4.69) is 28.3 Å². The molecule has 0 spiro atoms. The summed E-state index contributed by atoms with van der Waals surface area (Å²) in [7, 11) is 1.69. The first kappa shape index (κ1) is 17.4. The molecule has 4 rings (SSSR count). The first-order chi connectivity index (χ1) is 13.1. The van der Waals surface area contributed by atoms with Crippen LogP contribution in [0.15, 0.2) is 23.1 Å². The third-order valence-electron chi connectivity index (χ3n) is 4.77. The van der Waals surface area contributed by atoms with E-state index in [4.69, 9.17) is 9.57 Å². The number of ether oxygens (including phenoxy) is 1. The first-order valence-corrected chi connectivity index (χ1v) is 9.19. The molecule has 8 heteroatoms. The molecule has 0 radical (unpaired) electrons. The molecule has 1 aliphatic rings. The minimum Gasteiger partial charge on any atom is -0.493 e. The van der Waals surface area contributed by atoms with Crippen LogP contribution in [0.4, 0.5) is 11.6 Å². The highest BCUT2D eigenvalue weighted by Crippen LogP contribution is 2.32. The van der Waals surface area contributed by atoms with Crippen LogP contribution in [0.1, 0.15) is 30.9 Å². The third-order valence-corrected chi connectivity index (χ3v) is 4.77. The molecule has 0 bridgehead atoms. The Kier molecular flexibility index (Phi) is 4.47. The molecule has 0 unspecified atom stereocenters. The number of nitrogens with zero attached hydrogens (tertiary/aromatic N) is 4. The Bertz CT molecular complexity index is 1050. The maximum atomic E-state index is 12.4. The monoisotopic (exact) mass is 369 g/mol. The zero-order valence-corrected chi connectivity index (χ0v) is 15.8. The van der Waals surface area contributed by atoms with E-state index < -0.39 is 0 Å². The zero-order valence-electron chi connectivity index (χ0n) is 15.8. The van der Waals surface area contributed by atoms with Gasteiger partial charge in [0.2, 0.25) is 11.6 Å². The minimum atomic E-state index is -0.265. The van der Waals surface area contributed by atoms with Crippen molar-refractivity contribution in [3.63, 3.8) is 0 Å². The van der Waals surface area contributed by atoms with Crippen molar-refractivity contribution in [3.05, 3.63) is 39.9 Å². The summed E-state index contributed by atoms with van der Waals surface area (Å²) in [5.74, 6) is 1.36. The van der Waals surface area contributed by atoms with Crippen molar-refractivity contribution in [2.45, 2.75) is 33.1 Å². The van der Waals surface area contributed by atoms with E-state index in [-0.39, 0.29) is 5.69 Å². The summed E-state index contributed by atoms with van der Waals surface area (Å²) in [5, 5.41) is 3.26. The fourth-order valence-corrected chi connectivity index (χ4v) is 3.14. The van der Waals surface area contributed by atoms with Crippen molar-refractivity contribution in [3.8, 4) is 5.75 Å². The highest BCUT2D eigenvalue weighted by Gasteiger charge is 2.17. The van der Waals surface area contributed by atoms with Gasteiger partial charge in [-0.05, 0) is 36.6 Å². The molecule has 8 nitrogen and oxygen atoms in total. The molecule has 0 atom stereocenters. The van der Waals surface area contributed by atoms with Gasteiger partial charge < -0.3 is 14.9 Å². The number of fused-ring (bicyclic) bond motifs is 2. The van der Waals surface area contributed by atoms with Crippen LogP contribution in [0.3, 0.4) is 0 Å². The Morgan fingerprint density at radius 2 is 2.22 bits per heavy atom. The summed E-state index contributed by atoms with van der Waals surface area (Å²) in [6.45, 7) is 5.26. The summed E-state index contributed by atoms with van der Waals surface area (Å²) in [6, 6.07) is 4.09. The predicted octanol–water partition coefficient (Wildman–Crippen LogP) is 2.35. The molecule has 3 heterocycles. The molecule has 0 amide bonds. The molecule has 1 aromatic carbocycles. The summed E-state index contributed by atoms with van der Waals surface area (Å²) < 4.78 is 8.34. The number of aromatic nitrogens is 4. The topological polar surface area (TPSA) is 83.2 Å². The van der Waals surface area contributed by atoms with E-state index in [1.807, 2.05) is 13.0 Å². The molecule has 0 saturated carbocycles. The maximum Gasteiger partial charge on any atom is 0.363 e. The predicted molar refractivity (Wildman–Crippen MR) is 103 cm³/mol. The maximum absolute atomic E-state index is 12.4. The number of aryl methyl sites for hydroxylation is 2. The fourth-order valence-electron chi connectivity index (χ4n) is 3.14. The highest BCUT2D eigenvalue weighted by molar-refractivity contribution is 5.73. The Morgan fingerprint density at radius 3 is 3.04 bits per heavy atom. The number of anilines is 2. The van der Waals surface area contributed by atoms with Gasteiger partial charge in [0.1, 0.15) is 17.9 Å². The normalized spacial score (nSPS) is 12.9. The van der Waals surface area contributed by atoms with Crippen LogP contribution >= 0.6 is 0 Å². The molecule has 3 aromatic rings. The Labute approximate surface area is 156 Å². The van der Waals surface area contributed by atoms with Gasteiger partial charge in [-0.15, -0.1) is 4.73 Å². The van der Waals surface area contributed by atoms with Gasteiger partial charge in [-0.2, -0.15) is 4.98 Å². The van der Waals surface area contributed by atoms with E-state index in [1.54, 1.807) is 13.2 Å². The molecule has 1 N–H and O–H groups in total. The summed E-state index contributed by atoms with van der Waals surface area (Å²) >= 11 is 0. The van der Waals surface area contributed by atoms with Crippen LogP contribution in [0, 0.1) is 6.92 Å². The lowest BCUT2D eigenvalue weighted by molar-refractivity contribution is 0.106. The SMILES string of the molecule is CCCCOn1c(=O)n(C)c2cnc(Nc3cc4c(cc3C)OCC4)nc21. The molecule has 0 aliphatic carbocycles. The summed E-state index contributed by atoms with van der Waals surface area (Å²) in [4.78, 5) is 27.0. The van der Waals surface area contributed by atoms with Crippen molar-refractivity contribution in [1.82, 2.24) is 19.3 Å². The average Bonchev–Trinajstić information content (AvgIpc) is 3.20. The second kappa shape index (κ2) is 6.94. The van der Waals surface area contributed by atoms with Crippen molar-refractivity contribution >= 4 is 22.8 Å². The molecule has 27 heavy (non-hydrogen) atoms. The van der Waals surface area contributed by atoms with Crippen LogP contribution < -0.4 is 20.6 Å². The Morgan fingerprint density at radius 1 is 1.37 bits per heavy atom. The Balaban J connectivity index is 1.69. The number of hydrogen-bond donors (Lipinski definition) is 1. The fraction of sp³-hybridized carbons (Fsp3) is 0.421. The molecular weight excluding hydrogens is 346 g/mol. The van der Waals surface area contributed by atoms with Gasteiger partial charge in [0.05, 0.1) is 12.8 Å². The molecule has 1 aliphatic heterocycles. The van der Waals surface area contributed by atoms with E-state index in [1.165, 1.54) is 14.9 Å². The number of hydrogen-bond acceptors (Lipinski definition) is 6. The number of rotatable bonds is 6. The van der Waals surface area contributed by atoms with Crippen molar-refractivity contribution in [2.24, 2.45) is 7.05 Å². The lowest BCUT2D eigenvalue weighted by atomic mass is 10.1. The van der Waals surface area contributed by atoms with E-state index in [0.29, 0.717) is 30.3 Å². The van der Waals surface area contributed by atoms with E-state index >= 15 is 0 Å². The minimum absolute atomic E-state index is 0.265. The van der Waals surface area contributed by atoms with Gasteiger partial charge in [0.25, 0.3) is 0 Å².